The largest absolute Gasteiger partial charge is 0.465 e. The van der Waals surface area contributed by atoms with Gasteiger partial charge in [0, 0.05) is 12.1 Å². The molecule has 0 aliphatic carbocycles. The highest BCUT2D eigenvalue weighted by Crippen LogP contribution is 2.13. The van der Waals surface area contributed by atoms with Crippen molar-refractivity contribution in [2.45, 2.75) is 0 Å². The molecule has 0 aromatic carbocycles. The summed E-state index contributed by atoms with van der Waals surface area (Å²) in [5.41, 5.74) is 0.450. The minimum Gasteiger partial charge on any atom is -0.465 e. The second-order valence-electron chi connectivity index (χ2n) is 2.80. The lowest BCUT2D eigenvalue weighted by atomic mass is 10.2. The number of pyridine rings is 1. The molecule has 6 heteroatoms. The van der Waals surface area contributed by atoms with Gasteiger partial charge in [0.25, 0.3) is 0 Å². The number of carbonyl (C=O) groups is 2. The molecule has 0 spiro atoms. The Morgan fingerprint density at radius 2 is 2.06 bits per heavy atom. The van der Waals surface area contributed by atoms with Crippen molar-refractivity contribution in [3.63, 3.8) is 0 Å². The number of hydrogen-bond donors (Lipinski definition) is 0. The number of carbonyl (C=O) groups excluding carboxylic acids is 2. The fourth-order valence-corrected chi connectivity index (χ4v) is 1.09. The molecule has 0 amide bonds. The van der Waals surface area contributed by atoms with Gasteiger partial charge in [-0.25, -0.2) is 14.6 Å². The summed E-state index contributed by atoms with van der Waals surface area (Å²) in [6, 6.07) is 1.39. The van der Waals surface area contributed by atoms with Crippen molar-refractivity contribution < 1.29 is 19.1 Å². The van der Waals surface area contributed by atoms with E-state index in [0.717, 1.165) is 0 Å². The molecular formula is C11H8ClNO4. The molecule has 1 heterocycles. The molecular weight excluding hydrogens is 246 g/mol. The molecule has 0 saturated carbocycles. The molecule has 0 atom stereocenters. The molecule has 0 bridgehead atoms. The lowest BCUT2D eigenvalue weighted by Crippen LogP contribution is -2.03. The second-order valence-corrected chi connectivity index (χ2v) is 3.15. The predicted octanol–water partition coefficient (Wildman–Crippen LogP) is 1.05. The van der Waals surface area contributed by atoms with Crippen LogP contribution in [0.3, 0.4) is 0 Å². The quantitative estimate of drug-likeness (QED) is 0.425. The minimum atomic E-state index is -0.704. The Morgan fingerprint density at radius 1 is 1.35 bits per heavy atom. The van der Waals surface area contributed by atoms with Gasteiger partial charge in [0.05, 0.1) is 25.3 Å². The molecule has 5 nitrogen and oxygen atoms in total. The topological polar surface area (TPSA) is 65.5 Å². The van der Waals surface area contributed by atoms with Crippen molar-refractivity contribution in [3.8, 4) is 11.8 Å². The highest BCUT2D eigenvalue weighted by atomic mass is 35.5. The molecule has 0 N–H and O–H groups in total. The van der Waals surface area contributed by atoms with Gasteiger partial charge in [0.1, 0.15) is 5.15 Å². The normalized spacial score (nSPS) is 8.88. The van der Waals surface area contributed by atoms with Crippen LogP contribution in [-0.4, -0.2) is 31.1 Å². The molecule has 0 aliphatic heterocycles. The van der Waals surface area contributed by atoms with Gasteiger partial charge in [0.2, 0.25) is 0 Å². The molecule has 1 aromatic rings. The van der Waals surface area contributed by atoms with Crippen LogP contribution in [0.2, 0.25) is 5.15 Å². The van der Waals surface area contributed by atoms with Crippen molar-refractivity contribution in [1.82, 2.24) is 4.98 Å². The summed E-state index contributed by atoms with van der Waals surface area (Å²) in [6.07, 6.45) is 1.26. The molecule has 0 fully saturated rings. The molecule has 0 radical (unpaired) electrons. The van der Waals surface area contributed by atoms with E-state index in [2.05, 4.69) is 26.3 Å². The Kier molecular flexibility index (Phi) is 4.49. The molecule has 0 saturated heterocycles. The van der Waals surface area contributed by atoms with Gasteiger partial charge in [-0.1, -0.05) is 17.5 Å². The Morgan fingerprint density at radius 3 is 2.65 bits per heavy atom. The average molecular weight is 254 g/mol. The van der Waals surface area contributed by atoms with Crippen molar-refractivity contribution in [2.75, 3.05) is 14.2 Å². The lowest BCUT2D eigenvalue weighted by Gasteiger charge is -2.00. The van der Waals surface area contributed by atoms with E-state index in [1.54, 1.807) is 0 Å². The van der Waals surface area contributed by atoms with Crippen LogP contribution in [0.25, 0.3) is 0 Å². The highest BCUT2D eigenvalue weighted by molar-refractivity contribution is 6.30. The number of methoxy groups -OCH3 is 2. The fraction of sp³-hybridized carbons (Fsp3) is 0.182. The summed E-state index contributed by atoms with van der Waals surface area (Å²) in [5, 5.41) is 0.0917. The minimum absolute atomic E-state index is 0.0917. The van der Waals surface area contributed by atoms with E-state index in [4.69, 9.17) is 11.6 Å². The summed E-state index contributed by atoms with van der Waals surface area (Å²) < 4.78 is 8.86. The zero-order chi connectivity index (χ0) is 12.8. The van der Waals surface area contributed by atoms with Crippen LogP contribution in [0.4, 0.5) is 0 Å². The summed E-state index contributed by atoms with van der Waals surface area (Å²) >= 11 is 5.75. The highest BCUT2D eigenvalue weighted by Gasteiger charge is 2.08. The first-order chi connectivity index (χ1) is 8.08. The van der Waals surface area contributed by atoms with E-state index in [1.165, 1.54) is 26.5 Å². The SMILES string of the molecule is COC(=O)C#Cc1cc(C(=O)OC)cnc1Cl. The first-order valence-corrected chi connectivity index (χ1v) is 4.80. The number of esters is 2. The number of rotatable bonds is 1. The third-order valence-corrected chi connectivity index (χ3v) is 2.05. The Labute approximate surface area is 103 Å². The molecule has 17 heavy (non-hydrogen) atoms. The van der Waals surface area contributed by atoms with E-state index in [-0.39, 0.29) is 16.3 Å². The Bertz CT molecular complexity index is 516. The first-order valence-electron chi connectivity index (χ1n) is 4.42. The van der Waals surface area contributed by atoms with Gasteiger partial charge in [-0.05, 0) is 6.07 Å². The Balaban J connectivity index is 3.09. The molecule has 0 aliphatic rings. The van der Waals surface area contributed by atoms with E-state index in [1.807, 2.05) is 0 Å². The second kappa shape index (κ2) is 5.87. The number of aromatic nitrogens is 1. The molecule has 88 valence electrons. The zero-order valence-corrected chi connectivity index (χ0v) is 9.87. The summed E-state index contributed by atoms with van der Waals surface area (Å²) in [5.74, 6) is 3.38. The molecule has 1 rings (SSSR count). The summed E-state index contributed by atoms with van der Waals surface area (Å²) in [6.45, 7) is 0. The number of ether oxygens (including phenoxy) is 2. The maximum absolute atomic E-state index is 11.2. The Hall–Kier alpha value is -2.06. The van der Waals surface area contributed by atoms with E-state index >= 15 is 0 Å². The first kappa shape index (κ1) is 13.0. The fourth-order valence-electron chi connectivity index (χ4n) is 0.935. The maximum atomic E-state index is 11.2. The smallest absolute Gasteiger partial charge is 0.384 e. The van der Waals surface area contributed by atoms with Crippen molar-refractivity contribution in [1.29, 1.82) is 0 Å². The van der Waals surface area contributed by atoms with Crippen LogP contribution in [0, 0.1) is 11.8 Å². The van der Waals surface area contributed by atoms with Crippen LogP contribution in [-0.2, 0) is 14.3 Å². The van der Waals surface area contributed by atoms with Gasteiger partial charge < -0.3 is 9.47 Å². The number of halogens is 1. The monoisotopic (exact) mass is 253 g/mol. The van der Waals surface area contributed by atoms with E-state index in [0.29, 0.717) is 0 Å². The standard InChI is InChI=1S/C11H8ClNO4/c1-16-9(14)4-3-7-5-8(11(15)17-2)6-13-10(7)12/h5-6H,1-2H3. The van der Waals surface area contributed by atoms with Crippen LogP contribution in [0.15, 0.2) is 12.3 Å². The summed E-state index contributed by atoms with van der Waals surface area (Å²) in [7, 11) is 2.46. The lowest BCUT2D eigenvalue weighted by molar-refractivity contribution is -0.133. The van der Waals surface area contributed by atoms with Gasteiger partial charge in [-0.3, -0.25) is 0 Å². The molecule has 1 aromatic heterocycles. The van der Waals surface area contributed by atoms with Crippen LogP contribution in [0.5, 0.6) is 0 Å². The van der Waals surface area contributed by atoms with Gasteiger partial charge >= 0.3 is 11.9 Å². The van der Waals surface area contributed by atoms with E-state index in [9.17, 15) is 9.59 Å². The van der Waals surface area contributed by atoms with Crippen molar-refractivity contribution >= 4 is 23.5 Å². The zero-order valence-electron chi connectivity index (χ0n) is 9.11. The van der Waals surface area contributed by atoms with Gasteiger partial charge in [-0.2, -0.15) is 0 Å². The van der Waals surface area contributed by atoms with Crippen molar-refractivity contribution in [2.24, 2.45) is 0 Å². The van der Waals surface area contributed by atoms with Crippen LogP contribution >= 0.6 is 11.6 Å². The third kappa shape index (κ3) is 3.47. The molecule has 0 unspecified atom stereocenters. The van der Waals surface area contributed by atoms with Crippen LogP contribution < -0.4 is 0 Å². The van der Waals surface area contributed by atoms with Gasteiger partial charge in [-0.15, -0.1) is 0 Å². The van der Waals surface area contributed by atoms with Crippen molar-refractivity contribution in [3.05, 3.63) is 28.5 Å². The summed E-state index contributed by atoms with van der Waals surface area (Å²) in [4.78, 5) is 25.8. The van der Waals surface area contributed by atoms with Crippen LogP contribution in [0.1, 0.15) is 15.9 Å². The maximum Gasteiger partial charge on any atom is 0.384 e. The third-order valence-electron chi connectivity index (χ3n) is 1.74. The average Bonchev–Trinajstić information content (AvgIpc) is 2.36. The predicted molar refractivity (Wildman–Crippen MR) is 59.5 cm³/mol. The number of hydrogen-bond acceptors (Lipinski definition) is 5. The number of nitrogens with zero attached hydrogens (tertiary/aromatic N) is 1. The van der Waals surface area contributed by atoms with E-state index < -0.39 is 11.9 Å². The van der Waals surface area contributed by atoms with Gasteiger partial charge in [0.15, 0.2) is 0 Å².